The van der Waals surface area contributed by atoms with E-state index in [0.29, 0.717) is 11.5 Å². The number of methoxy groups -OCH3 is 1. The zero-order chi connectivity index (χ0) is 17.5. The molecule has 0 fully saturated rings. The number of nitrogens with zero attached hydrogens (tertiary/aromatic N) is 1. The van der Waals surface area contributed by atoms with E-state index in [9.17, 15) is 9.90 Å². The Hall–Kier alpha value is -2.12. The lowest BCUT2D eigenvalue weighted by molar-refractivity contribution is -0.120. The van der Waals surface area contributed by atoms with Crippen molar-refractivity contribution in [2.45, 2.75) is 26.4 Å². The van der Waals surface area contributed by atoms with Crippen molar-refractivity contribution in [3.63, 3.8) is 0 Å². The van der Waals surface area contributed by atoms with E-state index in [1.54, 1.807) is 19.2 Å². The van der Waals surface area contributed by atoms with Gasteiger partial charge in [-0.1, -0.05) is 6.07 Å². The molecule has 1 unspecified atom stereocenters. The summed E-state index contributed by atoms with van der Waals surface area (Å²) in [5.74, 6) is 1.16. The van der Waals surface area contributed by atoms with Gasteiger partial charge in [-0.3, -0.25) is 4.79 Å². The van der Waals surface area contributed by atoms with E-state index in [-0.39, 0.29) is 25.5 Å². The van der Waals surface area contributed by atoms with Gasteiger partial charge in [0.2, 0.25) is 5.91 Å². The summed E-state index contributed by atoms with van der Waals surface area (Å²) >= 11 is 1.52. The second-order valence-corrected chi connectivity index (χ2v) is 6.65. The number of aliphatic hydroxyl groups excluding tert-OH is 1. The van der Waals surface area contributed by atoms with Crippen LogP contribution in [-0.2, 0) is 11.2 Å². The highest BCUT2D eigenvalue weighted by molar-refractivity contribution is 7.11. The van der Waals surface area contributed by atoms with Crippen LogP contribution in [0, 0.1) is 13.8 Å². The van der Waals surface area contributed by atoms with E-state index in [1.165, 1.54) is 11.3 Å². The minimum atomic E-state index is -0.788. The molecule has 0 radical (unpaired) electrons. The third-order valence-corrected chi connectivity index (χ3v) is 4.41. The zero-order valence-electron chi connectivity index (χ0n) is 14.0. The van der Waals surface area contributed by atoms with Crippen LogP contribution in [0.3, 0.4) is 0 Å². The van der Waals surface area contributed by atoms with Crippen molar-refractivity contribution in [3.05, 3.63) is 39.8 Å². The second kappa shape index (κ2) is 8.65. The molecule has 0 saturated heterocycles. The van der Waals surface area contributed by atoms with Crippen molar-refractivity contribution in [1.29, 1.82) is 0 Å². The topological polar surface area (TPSA) is 80.7 Å². The van der Waals surface area contributed by atoms with Crippen LogP contribution in [0.5, 0.6) is 11.5 Å². The molecule has 0 aliphatic heterocycles. The van der Waals surface area contributed by atoms with Crippen LogP contribution < -0.4 is 14.8 Å². The Labute approximate surface area is 145 Å². The molecule has 1 amide bonds. The van der Waals surface area contributed by atoms with Gasteiger partial charge in [-0.05, 0) is 26.0 Å². The molecule has 7 heteroatoms. The first-order valence-electron chi connectivity index (χ1n) is 7.62. The van der Waals surface area contributed by atoms with Gasteiger partial charge in [0.1, 0.15) is 24.2 Å². The highest BCUT2D eigenvalue weighted by Gasteiger charge is 2.12. The molecule has 0 saturated carbocycles. The number of aromatic nitrogens is 1. The molecule has 24 heavy (non-hydrogen) atoms. The molecule has 0 aliphatic rings. The summed E-state index contributed by atoms with van der Waals surface area (Å²) < 4.78 is 10.6. The summed E-state index contributed by atoms with van der Waals surface area (Å²) in [6.45, 7) is 4.04. The molecule has 130 valence electrons. The van der Waals surface area contributed by atoms with Gasteiger partial charge in [-0.25, -0.2) is 4.98 Å². The molecular formula is C17H22N2O4S. The van der Waals surface area contributed by atoms with E-state index >= 15 is 0 Å². The third kappa shape index (κ3) is 5.50. The van der Waals surface area contributed by atoms with Crippen LogP contribution in [0.4, 0.5) is 0 Å². The molecule has 2 aromatic rings. The normalized spacial score (nSPS) is 11.8. The van der Waals surface area contributed by atoms with Crippen LogP contribution in [-0.4, -0.2) is 42.4 Å². The fourth-order valence-electron chi connectivity index (χ4n) is 2.12. The summed E-state index contributed by atoms with van der Waals surface area (Å²) in [5.41, 5.74) is 0.884. The average Bonchev–Trinajstić information content (AvgIpc) is 2.88. The van der Waals surface area contributed by atoms with Gasteiger partial charge >= 0.3 is 0 Å². The molecule has 1 heterocycles. The SMILES string of the molecule is COc1cccc(OCC(O)CNC(=O)Cc2sc(C)nc2C)c1. The Balaban J connectivity index is 1.73. The van der Waals surface area contributed by atoms with Crippen molar-refractivity contribution < 1.29 is 19.4 Å². The molecular weight excluding hydrogens is 328 g/mol. The zero-order valence-corrected chi connectivity index (χ0v) is 14.9. The Morgan fingerprint density at radius 3 is 2.79 bits per heavy atom. The first kappa shape index (κ1) is 18.2. The van der Waals surface area contributed by atoms with Crippen LogP contribution in [0.1, 0.15) is 15.6 Å². The number of carbonyl (C=O) groups excluding carboxylic acids is 1. The molecule has 2 N–H and O–H groups in total. The lowest BCUT2D eigenvalue weighted by Gasteiger charge is -2.13. The number of benzene rings is 1. The number of aliphatic hydroxyl groups is 1. The number of hydrogen-bond acceptors (Lipinski definition) is 6. The number of ether oxygens (including phenoxy) is 2. The molecule has 1 atom stereocenters. The van der Waals surface area contributed by atoms with Gasteiger partial charge in [-0.15, -0.1) is 11.3 Å². The van der Waals surface area contributed by atoms with Crippen LogP contribution in [0.15, 0.2) is 24.3 Å². The number of aryl methyl sites for hydroxylation is 2. The third-order valence-electron chi connectivity index (χ3n) is 3.34. The average molecular weight is 350 g/mol. The molecule has 0 spiro atoms. The van der Waals surface area contributed by atoms with Gasteiger partial charge in [0.25, 0.3) is 0 Å². The van der Waals surface area contributed by atoms with Gasteiger partial charge < -0.3 is 19.9 Å². The van der Waals surface area contributed by atoms with Gasteiger partial charge in [0, 0.05) is 17.5 Å². The van der Waals surface area contributed by atoms with Crippen molar-refractivity contribution >= 4 is 17.2 Å². The monoisotopic (exact) mass is 350 g/mol. The van der Waals surface area contributed by atoms with E-state index in [4.69, 9.17) is 9.47 Å². The van der Waals surface area contributed by atoms with Gasteiger partial charge in [0.05, 0.1) is 24.2 Å². The molecule has 1 aromatic heterocycles. The van der Waals surface area contributed by atoms with Crippen molar-refractivity contribution in [2.24, 2.45) is 0 Å². The predicted octanol–water partition coefficient (Wildman–Crippen LogP) is 1.87. The fraction of sp³-hybridized carbons (Fsp3) is 0.412. The van der Waals surface area contributed by atoms with Crippen molar-refractivity contribution in [2.75, 3.05) is 20.3 Å². The maximum absolute atomic E-state index is 11.9. The molecule has 6 nitrogen and oxygen atoms in total. The molecule has 0 aliphatic carbocycles. The molecule has 1 aromatic carbocycles. The van der Waals surface area contributed by atoms with Crippen LogP contribution in [0.25, 0.3) is 0 Å². The Kier molecular flexibility index (Phi) is 6.57. The summed E-state index contributed by atoms with van der Waals surface area (Å²) in [4.78, 5) is 17.2. The number of carbonyl (C=O) groups is 1. The number of nitrogens with one attached hydrogen (secondary N) is 1. The minimum absolute atomic E-state index is 0.0894. The largest absolute Gasteiger partial charge is 0.497 e. The molecule has 0 bridgehead atoms. The Morgan fingerprint density at radius 2 is 2.12 bits per heavy atom. The number of thiazole rings is 1. The summed E-state index contributed by atoms with van der Waals surface area (Å²) in [6, 6.07) is 7.14. The number of hydrogen-bond donors (Lipinski definition) is 2. The lowest BCUT2D eigenvalue weighted by atomic mass is 10.3. The van der Waals surface area contributed by atoms with Crippen LogP contribution >= 0.6 is 11.3 Å². The summed E-state index contributed by atoms with van der Waals surface area (Å²) in [7, 11) is 1.58. The highest BCUT2D eigenvalue weighted by atomic mass is 32.1. The first-order valence-corrected chi connectivity index (χ1v) is 8.44. The van der Waals surface area contributed by atoms with E-state index in [1.807, 2.05) is 26.0 Å². The Bertz CT molecular complexity index is 687. The standard InChI is InChI=1S/C17H22N2O4S/c1-11-16(24-12(2)19-11)8-17(21)18-9-13(20)10-23-15-6-4-5-14(7-15)22-3/h4-7,13,20H,8-10H2,1-3H3,(H,18,21). The summed E-state index contributed by atoms with van der Waals surface area (Å²) in [6.07, 6.45) is -0.509. The maximum atomic E-state index is 11.9. The smallest absolute Gasteiger partial charge is 0.225 e. The quantitative estimate of drug-likeness (QED) is 0.760. The highest BCUT2D eigenvalue weighted by Crippen LogP contribution is 2.19. The van der Waals surface area contributed by atoms with E-state index in [2.05, 4.69) is 10.3 Å². The van der Waals surface area contributed by atoms with Crippen molar-refractivity contribution in [3.8, 4) is 11.5 Å². The number of amides is 1. The van der Waals surface area contributed by atoms with Gasteiger partial charge in [-0.2, -0.15) is 0 Å². The van der Waals surface area contributed by atoms with Crippen LogP contribution in [0.2, 0.25) is 0 Å². The summed E-state index contributed by atoms with van der Waals surface area (Å²) in [5, 5.41) is 13.6. The maximum Gasteiger partial charge on any atom is 0.225 e. The lowest BCUT2D eigenvalue weighted by Crippen LogP contribution is -2.36. The predicted molar refractivity (Wildman–Crippen MR) is 92.8 cm³/mol. The number of rotatable bonds is 8. The van der Waals surface area contributed by atoms with E-state index in [0.717, 1.165) is 15.6 Å². The van der Waals surface area contributed by atoms with Crippen molar-refractivity contribution in [1.82, 2.24) is 10.3 Å². The van der Waals surface area contributed by atoms with E-state index < -0.39 is 6.10 Å². The minimum Gasteiger partial charge on any atom is -0.497 e. The van der Waals surface area contributed by atoms with Gasteiger partial charge in [0.15, 0.2) is 0 Å². The second-order valence-electron chi connectivity index (χ2n) is 5.37. The Morgan fingerprint density at radius 1 is 1.38 bits per heavy atom. The first-order chi connectivity index (χ1) is 11.5. The fourth-order valence-corrected chi connectivity index (χ4v) is 3.06. The molecule has 2 rings (SSSR count).